The van der Waals surface area contributed by atoms with Crippen molar-refractivity contribution in [3.63, 3.8) is 0 Å². The summed E-state index contributed by atoms with van der Waals surface area (Å²) >= 11 is 1.86. The Morgan fingerprint density at radius 3 is 2.56 bits per heavy atom. The lowest BCUT2D eigenvalue weighted by Gasteiger charge is -2.30. The fourth-order valence-corrected chi connectivity index (χ4v) is 2.74. The zero-order valence-electron chi connectivity index (χ0n) is 8.83. The van der Waals surface area contributed by atoms with Crippen molar-refractivity contribution < 1.29 is 8.78 Å². The Morgan fingerprint density at radius 1 is 1.25 bits per heavy atom. The van der Waals surface area contributed by atoms with E-state index >= 15 is 0 Å². The number of nitrogens with zero attached hydrogens (tertiary/aromatic N) is 1. The number of rotatable bonds is 2. The first kappa shape index (κ1) is 11.5. The summed E-state index contributed by atoms with van der Waals surface area (Å²) < 4.78 is 25.8. The number of nitrogen functional groups attached to an aromatic ring is 1. The fourth-order valence-electron chi connectivity index (χ4n) is 1.84. The molecule has 1 aromatic carbocycles. The number of hydrogen-bond acceptors (Lipinski definition) is 3. The van der Waals surface area contributed by atoms with Crippen molar-refractivity contribution in [1.82, 2.24) is 0 Å². The molecule has 5 heteroatoms. The molecule has 2 rings (SSSR count). The van der Waals surface area contributed by atoms with E-state index in [0.29, 0.717) is 11.4 Å². The Balaban J connectivity index is 2.31. The van der Waals surface area contributed by atoms with Gasteiger partial charge in [-0.05, 0) is 18.2 Å². The van der Waals surface area contributed by atoms with E-state index in [1.165, 1.54) is 6.07 Å². The molecule has 0 radical (unpaired) electrons. The van der Waals surface area contributed by atoms with Crippen molar-refractivity contribution in [2.45, 2.75) is 6.43 Å². The van der Waals surface area contributed by atoms with Gasteiger partial charge < -0.3 is 10.6 Å². The molecule has 1 fully saturated rings. The van der Waals surface area contributed by atoms with E-state index in [0.717, 1.165) is 24.6 Å². The maximum absolute atomic E-state index is 12.9. The molecule has 0 saturated carbocycles. The van der Waals surface area contributed by atoms with E-state index in [1.54, 1.807) is 12.1 Å². The van der Waals surface area contributed by atoms with Crippen LogP contribution in [0.4, 0.5) is 20.2 Å². The topological polar surface area (TPSA) is 29.3 Å². The molecule has 2 nitrogen and oxygen atoms in total. The summed E-state index contributed by atoms with van der Waals surface area (Å²) in [5, 5.41) is 0. The van der Waals surface area contributed by atoms with Gasteiger partial charge in [-0.3, -0.25) is 0 Å². The van der Waals surface area contributed by atoms with Crippen molar-refractivity contribution >= 4 is 23.1 Å². The van der Waals surface area contributed by atoms with Crippen LogP contribution >= 0.6 is 11.8 Å². The second kappa shape index (κ2) is 4.91. The number of thioether (sulfide) groups is 1. The Bertz CT molecular complexity index is 365. The van der Waals surface area contributed by atoms with Crippen molar-refractivity contribution in [1.29, 1.82) is 0 Å². The Labute approximate surface area is 97.8 Å². The van der Waals surface area contributed by atoms with Crippen LogP contribution in [-0.4, -0.2) is 24.6 Å². The fraction of sp³-hybridized carbons (Fsp3) is 0.455. The summed E-state index contributed by atoms with van der Waals surface area (Å²) in [5.41, 5.74) is 6.61. The molecule has 0 amide bonds. The van der Waals surface area contributed by atoms with E-state index < -0.39 is 6.43 Å². The summed E-state index contributed by atoms with van der Waals surface area (Å²) in [6.07, 6.45) is -2.46. The predicted octanol–water partition coefficient (Wildman–Crippen LogP) is 2.76. The standard InChI is InChI=1S/C11H14F2N2S/c12-11(13)9-7-8(14)1-2-10(9)15-3-5-16-6-4-15/h1-2,7,11H,3-6,14H2. The smallest absolute Gasteiger partial charge is 0.265 e. The van der Waals surface area contributed by atoms with Gasteiger partial charge in [-0.1, -0.05) is 0 Å². The van der Waals surface area contributed by atoms with E-state index in [4.69, 9.17) is 5.73 Å². The van der Waals surface area contributed by atoms with Gasteiger partial charge in [0.25, 0.3) is 6.43 Å². The van der Waals surface area contributed by atoms with Crippen LogP contribution < -0.4 is 10.6 Å². The monoisotopic (exact) mass is 244 g/mol. The molecular formula is C11H14F2N2S. The third-order valence-electron chi connectivity index (χ3n) is 2.64. The zero-order valence-corrected chi connectivity index (χ0v) is 9.64. The first-order chi connectivity index (χ1) is 7.68. The van der Waals surface area contributed by atoms with Crippen LogP contribution in [0.2, 0.25) is 0 Å². The normalized spacial score (nSPS) is 16.8. The van der Waals surface area contributed by atoms with Crippen molar-refractivity contribution in [3.8, 4) is 0 Å². The van der Waals surface area contributed by atoms with Gasteiger partial charge in [-0.2, -0.15) is 11.8 Å². The summed E-state index contributed by atoms with van der Waals surface area (Å²) in [6.45, 7) is 1.66. The van der Waals surface area contributed by atoms with Crippen molar-refractivity contribution in [2.75, 3.05) is 35.2 Å². The lowest BCUT2D eigenvalue weighted by Crippen LogP contribution is -2.33. The van der Waals surface area contributed by atoms with Gasteiger partial charge in [-0.25, -0.2) is 8.78 Å². The molecule has 0 spiro atoms. The maximum Gasteiger partial charge on any atom is 0.265 e. The summed E-state index contributed by atoms with van der Waals surface area (Å²) in [5.74, 6) is 1.99. The van der Waals surface area contributed by atoms with E-state index in [-0.39, 0.29) is 5.56 Å². The van der Waals surface area contributed by atoms with Crippen molar-refractivity contribution in [3.05, 3.63) is 23.8 Å². The predicted molar refractivity (Wildman–Crippen MR) is 65.3 cm³/mol. The molecular weight excluding hydrogens is 230 g/mol. The summed E-state index contributed by atoms with van der Waals surface area (Å²) in [6, 6.07) is 4.76. The number of benzene rings is 1. The average molecular weight is 244 g/mol. The molecule has 1 aliphatic heterocycles. The average Bonchev–Trinajstić information content (AvgIpc) is 2.30. The minimum absolute atomic E-state index is 0.0481. The minimum atomic E-state index is -2.46. The summed E-state index contributed by atoms with van der Waals surface area (Å²) in [4.78, 5) is 2.01. The van der Waals surface area contributed by atoms with Gasteiger partial charge in [0, 0.05) is 41.5 Å². The molecule has 88 valence electrons. The van der Waals surface area contributed by atoms with Gasteiger partial charge in [0.2, 0.25) is 0 Å². The second-order valence-corrected chi connectivity index (χ2v) is 4.94. The SMILES string of the molecule is Nc1ccc(N2CCSCC2)c(C(F)F)c1. The largest absolute Gasteiger partial charge is 0.399 e. The van der Waals surface area contributed by atoms with E-state index in [2.05, 4.69) is 0 Å². The van der Waals surface area contributed by atoms with E-state index in [1.807, 2.05) is 16.7 Å². The number of alkyl halides is 2. The highest BCUT2D eigenvalue weighted by molar-refractivity contribution is 7.99. The Kier molecular flexibility index (Phi) is 3.53. The van der Waals surface area contributed by atoms with Crippen LogP contribution in [0.15, 0.2) is 18.2 Å². The zero-order chi connectivity index (χ0) is 11.5. The number of anilines is 2. The molecule has 1 saturated heterocycles. The molecule has 0 unspecified atom stereocenters. The van der Waals surface area contributed by atoms with Crippen molar-refractivity contribution in [2.24, 2.45) is 0 Å². The number of nitrogens with two attached hydrogens (primary N) is 1. The molecule has 0 atom stereocenters. The van der Waals surface area contributed by atoms with Crippen LogP contribution in [-0.2, 0) is 0 Å². The van der Waals surface area contributed by atoms with E-state index in [9.17, 15) is 8.78 Å². The second-order valence-electron chi connectivity index (χ2n) is 3.72. The Hall–Kier alpha value is -0.970. The van der Waals surface area contributed by atoms with Crippen LogP contribution in [0.1, 0.15) is 12.0 Å². The van der Waals surface area contributed by atoms with Crippen LogP contribution in [0.5, 0.6) is 0 Å². The molecule has 0 bridgehead atoms. The van der Waals surface area contributed by atoms with Crippen LogP contribution in [0, 0.1) is 0 Å². The highest BCUT2D eigenvalue weighted by atomic mass is 32.2. The lowest BCUT2D eigenvalue weighted by molar-refractivity contribution is 0.152. The third-order valence-corrected chi connectivity index (χ3v) is 3.58. The molecule has 0 aliphatic carbocycles. The van der Waals surface area contributed by atoms with Crippen LogP contribution in [0.25, 0.3) is 0 Å². The molecule has 1 aliphatic rings. The third kappa shape index (κ3) is 2.40. The lowest BCUT2D eigenvalue weighted by atomic mass is 10.1. The molecule has 2 N–H and O–H groups in total. The van der Waals surface area contributed by atoms with Gasteiger partial charge in [0.05, 0.1) is 0 Å². The number of halogens is 2. The van der Waals surface area contributed by atoms with Crippen LogP contribution in [0.3, 0.4) is 0 Å². The van der Waals surface area contributed by atoms with Gasteiger partial charge in [-0.15, -0.1) is 0 Å². The first-order valence-electron chi connectivity index (χ1n) is 5.19. The highest BCUT2D eigenvalue weighted by Gasteiger charge is 2.19. The molecule has 0 aromatic heterocycles. The molecule has 1 heterocycles. The van der Waals surface area contributed by atoms with Gasteiger partial charge in [0.15, 0.2) is 0 Å². The quantitative estimate of drug-likeness (QED) is 0.811. The molecule has 16 heavy (non-hydrogen) atoms. The Morgan fingerprint density at radius 2 is 1.94 bits per heavy atom. The molecule has 1 aromatic rings. The maximum atomic E-state index is 12.9. The number of hydrogen-bond donors (Lipinski definition) is 1. The minimum Gasteiger partial charge on any atom is -0.399 e. The van der Waals surface area contributed by atoms with Gasteiger partial charge in [0.1, 0.15) is 0 Å². The van der Waals surface area contributed by atoms with Gasteiger partial charge >= 0.3 is 0 Å². The summed E-state index contributed by atoms with van der Waals surface area (Å²) in [7, 11) is 0. The highest BCUT2D eigenvalue weighted by Crippen LogP contribution is 2.32. The first-order valence-corrected chi connectivity index (χ1v) is 6.34.